The highest BCUT2D eigenvalue weighted by Gasteiger charge is 2.28. The van der Waals surface area contributed by atoms with Crippen LogP contribution in [0.5, 0.6) is 0 Å². The van der Waals surface area contributed by atoms with Crippen LogP contribution in [0, 0.1) is 11.6 Å². The van der Waals surface area contributed by atoms with E-state index in [9.17, 15) is 35.2 Å². The van der Waals surface area contributed by atoms with E-state index in [0.717, 1.165) is 36.4 Å². The average molecular weight is 394 g/mol. The Morgan fingerprint density at radius 3 is 2.19 bits per heavy atom. The minimum absolute atomic E-state index is 0.204. The number of anilines is 1. The van der Waals surface area contributed by atoms with Crippen molar-refractivity contribution in [1.82, 2.24) is 5.32 Å². The highest BCUT2D eigenvalue weighted by Crippen LogP contribution is 2.20. The van der Waals surface area contributed by atoms with Crippen LogP contribution in [0.4, 0.5) is 27.6 Å². The Hall–Kier alpha value is -2.69. The topological polar surface area (TPSA) is 75.3 Å². The number of nitrogens with one attached hydrogen (secondary N) is 2. The van der Waals surface area contributed by atoms with Crippen molar-refractivity contribution in [2.24, 2.45) is 0 Å². The maximum absolute atomic E-state index is 13.5. The van der Waals surface area contributed by atoms with Crippen LogP contribution < -0.4 is 10.0 Å². The van der Waals surface area contributed by atoms with Crippen molar-refractivity contribution in [1.29, 1.82) is 0 Å². The quantitative estimate of drug-likeness (QED) is 0.766. The second-order valence-electron chi connectivity index (χ2n) is 5.05. The van der Waals surface area contributed by atoms with E-state index in [1.165, 1.54) is 0 Å². The van der Waals surface area contributed by atoms with Gasteiger partial charge in [0.05, 0.1) is 10.6 Å². The fourth-order valence-electron chi connectivity index (χ4n) is 1.85. The van der Waals surface area contributed by atoms with Gasteiger partial charge < -0.3 is 5.32 Å². The van der Waals surface area contributed by atoms with E-state index in [1.807, 2.05) is 4.72 Å². The smallest absolute Gasteiger partial charge is 0.343 e. The molecule has 0 spiro atoms. The van der Waals surface area contributed by atoms with Crippen LogP contribution in [-0.2, 0) is 10.0 Å². The molecule has 5 nitrogen and oxygen atoms in total. The maximum atomic E-state index is 13.5. The summed E-state index contributed by atoms with van der Waals surface area (Å²) in [6.07, 6.45) is -4.59. The Morgan fingerprint density at radius 2 is 1.62 bits per heavy atom. The lowest BCUT2D eigenvalue weighted by Crippen LogP contribution is -2.33. The molecule has 0 radical (unpaired) electrons. The number of carbonyl (C=O) groups excluding carboxylic acids is 1. The molecule has 0 saturated carbocycles. The lowest BCUT2D eigenvalue weighted by molar-refractivity contribution is -0.123. The molecule has 0 saturated heterocycles. The van der Waals surface area contributed by atoms with Crippen LogP contribution in [0.2, 0.25) is 0 Å². The Labute approximate surface area is 144 Å². The highest BCUT2D eigenvalue weighted by molar-refractivity contribution is 7.92. The van der Waals surface area contributed by atoms with Gasteiger partial charge in [0.2, 0.25) is 0 Å². The first-order valence-electron chi connectivity index (χ1n) is 6.91. The summed E-state index contributed by atoms with van der Waals surface area (Å²) in [5.41, 5.74) is -0.817. The Kier molecular flexibility index (Phi) is 5.50. The molecule has 2 aromatic rings. The van der Waals surface area contributed by atoms with Crippen molar-refractivity contribution in [3.8, 4) is 0 Å². The van der Waals surface area contributed by atoms with Gasteiger partial charge in [-0.1, -0.05) is 0 Å². The zero-order valence-corrected chi connectivity index (χ0v) is 13.6. The van der Waals surface area contributed by atoms with Crippen LogP contribution >= 0.6 is 0 Å². The molecule has 26 heavy (non-hydrogen) atoms. The summed E-state index contributed by atoms with van der Waals surface area (Å²) in [7, 11) is -4.30. The first kappa shape index (κ1) is 19.6. The van der Waals surface area contributed by atoms with Gasteiger partial charge >= 0.3 is 6.18 Å². The molecule has 0 aliphatic heterocycles. The molecule has 0 aliphatic rings. The van der Waals surface area contributed by atoms with Gasteiger partial charge in [0.25, 0.3) is 15.9 Å². The van der Waals surface area contributed by atoms with Crippen molar-refractivity contribution in [3.63, 3.8) is 0 Å². The van der Waals surface area contributed by atoms with Crippen molar-refractivity contribution >= 4 is 21.6 Å². The summed E-state index contributed by atoms with van der Waals surface area (Å²) < 4.78 is 89.0. The number of amides is 1. The summed E-state index contributed by atoms with van der Waals surface area (Å²) in [6, 6.07) is 6.06. The predicted molar refractivity (Wildman–Crippen MR) is 82.0 cm³/mol. The Bertz CT molecular complexity index is 912. The zero-order chi connectivity index (χ0) is 19.5. The van der Waals surface area contributed by atoms with E-state index >= 15 is 0 Å². The van der Waals surface area contributed by atoms with E-state index in [1.54, 1.807) is 5.32 Å². The SMILES string of the molecule is O=C(NCC(F)(F)F)c1ccc(S(=O)(=O)Nc2cc(F)ccc2F)cc1. The molecule has 0 aromatic heterocycles. The highest BCUT2D eigenvalue weighted by atomic mass is 32.2. The molecule has 11 heteroatoms. The molecule has 2 aromatic carbocycles. The standard InChI is InChI=1S/C15H11F5N2O3S/c16-10-3-6-12(17)13(7-10)22-26(24,25)11-4-1-9(2-5-11)14(23)21-8-15(18,19)20/h1-7,22H,8H2,(H,21,23). The third kappa shape index (κ3) is 5.15. The van der Waals surface area contributed by atoms with Crippen LogP contribution in [-0.4, -0.2) is 27.0 Å². The normalized spacial score (nSPS) is 11.9. The zero-order valence-electron chi connectivity index (χ0n) is 12.8. The van der Waals surface area contributed by atoms with Crippen LogP contribution in [0.15, 0.2) is 47.4 Å². The number of benzene rings is 2. The summed E-state index contributed by atoms with van der Waals surface area (Å²) in [5.74, 6) is -2.91. The van der Waals surface area contributed by atoms with Crippen molar-refractivity contribution in [2.75, 3.05) is 11.3 Å². The van der Waals surface area contributed by atoms with Crippen LogP contribution in [0.25, 0.3) is 0 Å². The maximum Gasteiger partial charge on any atom is 0.405 e. The van der Waals surface area contributed by atoms with Crippen molar-refractivity contribution < 1.29 is 35.2 Å². The van der Waals surface area contributed by atoms with E-state index in [2.05, 4.69) is 0 Å². The number of carbonyl (C=O) groups is 1. The monoisotopic (exact) mass is 394 g/mol. The second kappa shape index (κ2) is 7.28. The van der Waals surface area contributed by atoms with Gasteiger partial charge in [0.1, 0.15) is 18.2 Å². The van der Waals surface area contributed by atoms with Gasteiger partial charge in [-0.3, -0.25) is 9.52 Å². The van der Waals surface area contributed by atoms with E-state index < -0.39 is 50.9 Å². The van der Waals surface area contributed by atoms with Gasteiger partial charge in [-0.05, 0) is 36.4 Å². The molecule has 1 amide bonds. The first-order chi connectivity index (χ1) is 12.0. The average Bonchev–Trinajstić information content (AvgIpc) is 2.55. The number of alkyl halides is 3. The van der Waals surface area contributed by atoms with E-state index in [0.29, 0.717) is 6.07 Å². The third-order valence-corrected chi connectivity index (χ3v) is 4.43. The molecule has 0 aliphatic carbocycles. The predicted octanol–water partition coefficient (Wildman–Crippen LogP) is 3.06. The lowest BCUT2D eigenvalue weighted by Gasteiger charge is -2.10. The van der Waals surface area contributed by atoms with Crippen LogP contribution in [0.1, 0.15) is 10.4 Å². The van der Waals surface area contributed by atoms with Crippen molar-refractivity contribution in [2.45, 2.75) is 11.1 Å². The summed E-state index contributed by atoms with van der Waals surface area (Å²) in [4.78, 5) is 11.2. The van der Waals surface area contributed by atoms with Crippen molar-refractivity contribution in [3.05, 3.63) is 59.7 Å². The molecular weight excluding hydrogens is 383 g/mol. The Balaban J connectivity index is 2.16. The molecule has 0 fully saturated rings. The fourth-order valence-corrected chi connectivity index (χ4v) is 2.91. The first-order valence-corrected chi connectivity index (χ1v) is 8.39. The number of halogens is 5. The largest absolute Gasteiger partial charge is 0.405 e. The molecule has 0 bridgehead atoms. The molecule has 2 N–H and O–H groups in total. The van der Waals surface area contributed by atoms with Gasteiger partial charge in [-0.2, -0.15) is 13.2 Å². The number of rotatable bonds is 5. The summed E-state index contributed by atoms with van der Waals surface area (Å²) >= 11 is 0. The molecule has 0 unspecified atom stereocenters. The fraction of sp³-hybridized carbons (Fsp3) is 0.133. The van der Waals surface area contributed by atoms with Gasteiger partial charge in [-0.25, -0.2) is 17.2 Å². The van der Waals surface area contributed by atoms with Crippen LogP contribution in [0.3, 0.4) is 0 Å². The Morgan fingerprint density at radius 1 is 1.00 bits per heavy atom. The minimum atomic E-state index is -4.59. The lowest BCUT2D eigenvalue weighted by atomic mass is 10.2. The van der Waals surface area contributed by atoms with E-state index in [-0.39, 0.29) is 5.56 Å². The van der Waals surface area contributed by atoms with Gasteiger partial charge in [0, 0.05) is 11.6 Å². The van der Waals surface area contributed by atoms with E-state index in [4.69, 9.17) is 0 Å². The number of hydrogen-bond donors (Lipinski definition) is 2. The summed E-state index contributed by atoms with van der Waals surface area (Å²) in [5, 5.41) is 1.63. The number of hydrogen-bond acceptors (Lipinski definition) is 3. The number of sulfonamides is 1. The molecule has 2 rings (SSSR count). The molecule has 0 heterocycles. The third-order valence-electron chi connectivity index (χ3n) is 3.05. The van der Waals surface area contributed by atoms with Gasteiger partial charge in [-0.15, -0.1) is 0 Å². The van der Waals surface area contributed by atoms with Gasteiger partial charge in [0.15, 0.2) is 0 Å². The minimum Gasteiger partial charge on any atom is -0.343 e. The second-order valence-corrected chi connectivity index (χ2v) is 6.73. The summed E-state index contributed by atoms with van der Waals surface area (Å²) in [6.45, 7) is -1.54. The molecule has 140 valence electrons. The molecular formula is C15H11F5N2O3S. The molecule has 0 atom stereocenters.